The fraction of sp³-hybridized carbons (Fsp3) is 0.429. The Kier molecular flexibility index (Phi) is 6.83. The van der Waals surface area contributed by atoms with Crippen molar-refractivity contribution in [3.63, 3.8) is 0 Å². The molecular formula is C21H26N4O5. The highest BCUT2D eigenvalue weighted by Gasteiger charge is 2.24. The van der Waals surface area contributed by atoms with E-state index in [0.29, 0.717) is 35.0 Å². The minimum absolute atomic E-state index is 0.177. The first-order chi connectivity index (χ1) is 14.6. The second kappa shape index (κ2) is 9.53. The molecule has 0 radical (unpaired) electrons. The molecule has 0 aliphatic rings. The molecule has 0 aliphatic heterocycles. The number of carbonyl (C=O) groups excluding carboxylic acids is 1. The first-order valence-corrected chi connectivity index (χ1v) is 9.75. The van der Waals surface area contributed by atoms with Crippen molar-refractivity contribution in [2.45, 2.75) is 33.3 Å². The van der Waals surface area contributed by atoms with Crippen LogP contribution in [0.1, 0.15) is 42.1 Å². The van der Waals surface area contributed by atoms with E-state index in [9.17, 15) is 4.79 Å². The standard InChI is InChI=1S/C21H26N4O5/c1-6-8-15-19(21(26)30-7-2)22-23-20-18(14(12-27-3)24-25(15)20)13-9-10-16(28-4)17(11-13)29-5/h9-11H,6-8,12H2,1-5H3. The van der Waals surface area contributed by atoms with Crippen molar-refractivity contribution in [2.75, 3.05) is 27.9 Å². The number of ether oxygens (including phenoxy) is 4. The van der Waals surface area contributed by atoms with Crippen LogP contribution in [0.2, 0.25) is 0 Å². The van der Waals surface area contributed by atoms with Gasteiger partial charge in [0.05, 0.1) is 44.4 Å². The number of hydrogen-bond acceptors (Lipinski definition) is 8. The fourth-order valence-electron chi connectivity index (χ4n) is 3.33. The van der Waals surface area contributed by atoms with E-state index >= 15 is 0 Å². The molecule has 0 aliphatic carbocycles. The van der Waals surface area contributed by atoms with Crippen LogP contribution in [0.5, 0.6) is 11.5 Å². The lowest BCUT2D eigenvalue weighted by atomic mass is 10.0. The molecule has 2 heterocycles. The second-order valence-corrected chi connectivity index (χ2v) is 6.53. The Balaban J connectivity index is 2.27. The maximum absolute atomic E-state index is 12.4. The van der Waals surface area contributed by atoms with Gasteiger partial charge in [0.1, 0.15) is 0 Å². The maximum Gasteiger partial charge on any atom is 0.360 e. The summed E-state index contributed by atoms with van der Waals surface area (Å²) in [5, 5.41) is 13.2. The van der Waals surface area contributed by atoms with Crippen molar-refractivity contribution in [1.82, 2.24) is 19.8 Å². The normalized spacial score (nSPS) is 11.0. The summed E-state index contributed by atoms with van der Waals surface area (Å²) in [6.45, 7) is 4.31. The van der Waals surface area contributed by atoms with E-state index in [2.05, 4.69) is 10.2 Å². The number of carbonyl (C=O) groups is 1. The number of nitrogens with zero attached hydrogens (tertiary/aromatic N) is 4. The molecule has 0 spiro atoms. The van der Waals surface area contributed by atoms with Crippen molar-refractivity contribution in [1.29, 1.82) is 0 Å². The quantitative estimate of drug-likeness (QED) is 0.493. The SMILES string of the molecule is CCCc1c(C(=O)OCC)nnc2c(-c3ccc(OC)c(OC)c3)c(COC)nn12. The Morgan fingerprint density at radius 3 is 2.47 bits per heavy atom. The molecule has 0 unspecified atom stereocenters. The number of aromatic nitrogens is 4. The van der Waals surface area contributed by atoms with Crippen molar-refractivity contribution in [3.05, 3.63) is 35.3 Å². The van der Waals surface area contributed by atoms with Gasteiger partial charge in [-0.3, -0.25) is 0 Å². The van der Waals surface area contributed by atoms with Gasteiger partial charge in [-0.15, -0.1) is 10.2 Å². The molecule has 1 aromatic carbocycles. The number of rotatable bonds is 9. The van der Waals surface area contributed by atoms with Gasteiger partial charge in [0.25, 0.3) is 0 Å². The van der Waals surface area contributed by atoms with Crippen LogP contribution < -0.4 is 9.47 Å². The Morgan fingerprint density at radius 1 is 1.07 bits per heavy atom. The molecule has 160 valence electrons. The van der Waals surface area contributed by atoms with Crippen LogP contribution in [0.3, 0.4) is 0 Å². The molecule has 3 rings (SSSR count). The van der Waals surface area contributed by atoms with E-state index in [0.717, 1.165) is 17.5 Å². The number of benzene rings is 1. The van der Waals surface area contributed by atoms with Crippen LogP contribution in [-0.2, 0) is 22.5 Å². The molecule has 0 atom stereocenters. The predicted molar refractivity (Wildman–Crippen MR) is 110 cm³/mol. The molecule has 30 heavy (non-hydrogen) atoms. The van der Waals surface area contributed by atoms with Gasteiger partial charge >= 0.3 is 5.97 Å². The Labute approximate surface area is 174 Å². The topological polar surface area (TPSA) is 97.1 Å². The van der Waals surface area contributed by atoms with Crippen LogP contribution in [0.4, 0.5) is 0 Å². The molecule has 2 aromatic heterocycles. The van der Waals surface area contributed by atoms with E-state index in [-0.39, 0.29) is 18.9 Å². The van der Waals surface area contributed by atoms with Crippen LogP contribution >= 0.6 is 0 Å². The van der Waals surface area contributed by atoms with E-state index in [1.807, 2.05) is 25.1 Å². The summed E-state index contributed by atoms with van der Waals surface area (Å²) in [6, 6.07) is 5.58. The maximum atomic E-state index is 12.4. The largest absolute Gasteiger partial charge is 0.493 e. The molecule has 3 aromatic rings. The number of fused-ring (bicyclic) bond motifs is 1. The predicted octanol–water partition coefficient (Wildman–Crippen LogP) is 3.08. The minimum atomic E-state index is -0.508. The van der Waals surface area contributed by atoms with Crippen molar-refractivity contribution < 1.29 is 23.7 Å². The van der Waals surface area contributed by atoms with Gasteiger partial charge in [-0.25, -0.2) is 9.31 Å². The summed E-state index contributed by atoms with van der Waals surface area (Å²) in [5.41, 5.74) is 3.64. The summed E-state index contributed by atoms with van der Waals surface area (Å²) in [7, 11) is 4.77. The Hall–Kier alpha value is -3.20. The smallest absolute Gasteiger partial charge is 0.360 e. The number of hydrogen-bond donors (Lipinski definition) is 0. The van der Waals surface area contributed by atoms with Gasteiger partial charge in [-0.2, -0.15) is 5.10 Å². The summed E-state index contributed by atoms with van der Waals surface area (Å²) in [5.74, 6) is 0.697. The first kappa shape index (κ1) is 21.5. The number of aryl methyl sites for hydroxylation is 1. The summed E-state index contributed by atoms with van der Waals surface area (Å²) >= 11 is 0. The van der Waals surface area contributed by atoms with E-state index in [4.69, 9.17) is 24.0 Å². The zero-order chi connectivity index (χ0) is 21.7. The summed E-state index contributed by atoms with van der Waals surface area (Å²) in [4.78, 5) is 12.4. The molecular weight excluding hydrogens is 388 g/mol. The molecule has 0 saturated heterocycles. The van der Waals surface area contributed by atoms with E-state index in [1.165, 1.54) is 0 Å². The number of esters is 1. The third kappa shape index (κ3) is 3.93. The second-order valence-electron chi connectivity index (χ2n) is 6.53. The lowest BCUT2D eigenvalue weighted by molar-refractivity contribution is 0.0515. The monoisotopic (exact) mass is 414 g/mol. The van der Waals surface area contributed by atoms with Crippen LogP contribution in [-0.4, -0.2) is 53.7 Å². The molecule has 0 fully saturated rings. The van der Waals surface area contributed by atoms with Gasteiger partial charge in [0, 0.05) is 7.11 Å². The summed E-state index contributed by atoms with van der Waals surface area (Å²) in [6.07, 6.45) is 1.40. The van der Waals surface area contributed by atoms with Crippen LogP contribution in [0, 0.1) is 0 Å². The molecule has 9 heteroatoms. The van der Waals surface area contributed by atoms with Gasteiger partial charge in [0.15, 0.2) is 22.8 Å². The van der Waals surface area contributed by atoms with E-state index in [1.54, 1.807) is 32.8 Å². The van der Waals surface area contributed by atoms with Crippen LogP contribution in [0.25, 0.3) is 16.8 Å². The van der Waals surface area contributed by atoms with Gasteiger partial charge in [-0.1, -0.05) is 19.4 Å². The van der Waals surface area contributed by atoms with Crippen LogP contribution in [0.15, 0.2) is 18.2 Å². The summed E-state index contributed by atoms with van der Waals surface area (Å²) < 4.78 is 23.0. The fourth-order valence-corrected chi connectivity index (χ4v) is 3.33. The third-order valence-corrected chi connectivity index (χ3v) is 4.62. The van der Waals surface area contributed by atoms with Crippen molar-refractivity contribution in [3.8, 4) is 22.6 Å². The molecule has 0 amide bonds. The molecule has 0 saturated carbocycles. The zero-order valence-electron chi connectivity index (χ0n) is 17.9. The van der Waals surface area contributed by atoms with Gasteiger partial charge < -0.3 is 18.9 Å². The Bertz CT molecular complexity index is 1050. The average molecular weight is 414 g/mol. The lowest BCUT2D eigenvalue weighted by Gasteiger charge is -2.10. The van der Waals surface area contributed by atoms with Crippen molar-refractivity contribution >= 4 is 11.6 Å². The van der Waals surface area contributed by atoms with Crippen molar-refractivity contribution in [2.24, 2.45) is 0 Å². The number of methoxy groups -OCH3 is 3. The highest BCUT2D eigenvalue weighted by atomic mass is 16.5. The molecule has 0 N–H and O–H groups in total. The highest BCUT2D eigenvalue weighted by molar-refractivity contribution is 5.89. The first-order valence-electron chi connectivity index (χ1n) is 9.75. The average Bonchev–Trinajstić information content (AvgIpc) is 3.12. The third-order valence-electron chi connectivity index (χ3n) is 4.62. The van der Waals surface area contributed by atoms with Gasteiger partial charge in [-0.05, 0) is 31.0 Å². The molecule has 9 nitrogen and oxygen atoms in total. The Morgan fingerprint density at radius 2 is 1.83 bits per heavy atom. The highest BCUT2D eigenvalue weighted by Crippen LogP contribution is 2.36. The zero-order valence-corrected chi connectivity index (χ0v) is 17.9. The van der Waals surface area contributed by atoms with E-state index < -0.39 is 5.97 Å². The lowest BCUT2D eigenvalue weighted by Crippen LogP contribution is -2.16. The minimum Gasteiger partial charge on any atom is -0.493 e. The molecule has 0 bridgehead atoms. The van der Waals surface area contributed by atoms with Gasteiger partial charge in [0.2, 0.25) is 0 Å².